The predicted octanol–water partition coefficient (Wildman–Crippen LogP) is 6.62. The summed E-state index contributed by atoms with van der Waals surface area (Å²) in [5.41, 5.74) is 0.491. The molecule has 0 amide bonds. The summed E-state index contributed by atoms with van der Waals surface area (Å²) in [5, 5.41) is 0. The molecule has 3 fully saturated rings. The minimum atomic E-state index is -0.858. The molecule has 1 heterocycles. The molecule has 1 aromatic rings. The van der Waals surface area contributed by atoms with Crippen molar-refractivity contribution < 1.29 is 23.0 Å². The molecule has 1 aliphatic heterocycles. The second-order valence-electron chi connectivity index (χ2n) is 9.53. The molecule has 0 aromatic heterocycles. The van der Waals surface area contributed by atoms with Gasteiger partial charge in [-0.05, 0) is 87.7 Å². The second kappa shape index (κ2) is 10.4. The van der Waals surface area contributed by atoms with Crippen molar-refractivity contribution in [2.45, 2.75) is 70.5 Å². The monoisotopic (exact) mass is 434 g/mol. The van der Waals surface area contributed by atoms with Crippen molar-refractivity contribution in [1.29, 1.82) is 0 Å². The Morgan fingerprint density at radius 2 is 1.55 bits per heavy atom. The molecule has 0 radical (unpaired) electrons. The zero-order valence-corrected chi connectivity index (χ0v) is 18.7. The molecule has 0 atom stereocenters. The lowest BCUT2D eigenvalue weighted by molar-refractivity contribution is -0.236. The predicted molar refractivity (Wildman–Crippen MR) is 117 cm³/mol. The van der Waals surface area contributed by atoms with Crippen molar-refractivity contribution >= 4 is 0 Å². The van der Waals surface area contributed by atoms with Gasteiger partial charge in [-0.2, -0.15) is 4.39 Å². The first kappa shape index (κ1) is 22.7. The van der Waals surface area contributed by atoms with E-state index in [0.29, 0.717) is 35.8 Å². The van der Waals surface area contributed by atoms with Crippen LogP contribution in [0.25, 0.3) is 0 Å². The molecule has 5 heteroatoms. The molecule has 2 saturated carbocycles. The zero-order chi connectivity index (χ0) is 21.8. The highest BCUT2D eigenvalue weighted by Gasteiger charge is 2.36. The molecule has 3 aliphatic rings. The van der Waals surface area contributed by atoms with Gasteiger partial charge in [-0.15, -0.1) is 6.58 Å². The summed E-state index contributed by atoms with van der Waals surface area (Å²) < 4.78 is 46.4. The van der Waals surface area contributed by atoms with Crippen LogP contribution < -0.4 is 4.74 Å². The van der Waals surface area contributed by atoms with Crippen molar-refractivity contribution in [1.82, 2.24) is 0 Å². The minimum absolute atomic E-state index is 0.00136. The molecule has 3 nitrogen and oxygen atoms in total. The molecule has 2 aliphatic carbocycles. The second-order valence-corrected chi connectivity index (χ2v) is 9.53. The summed E-state index contributed by atoms with van der Waals surface area (Å²) in [7, 11) is 0. The van der Waals surface area contributed by atoms with Gasteiger partial charge in [0.25, 0.3) is 0 Å². The summed E-state index contributed by atoms with van der Waals surface area (Å²) >= 11 is 0. The van der Waals surface area contributed by atoms with Gasteiger partial charge >= 0.3 is 0 Å². The number of hydrogen-bond donors (Lipinski definition) is 0. The van der Waals surface area contributed by atoms with Gasteiger partial charge < -0.3 is 14.2 Å². The lowest BCUT2D eigenvalue weighted by atomic mass is 9.73. The largest absolute Gasteiger partial charge is 0.491 e. The van der Waals surface area contributed by atoms with Crippen molar-refractivity contribution in [2.75, 3.05) is 19.8 Å². The third kappa shape index (κ3) is 5.14. The minimum Gasteiger partial charge on any atom is -0.491 e. The third-order valence-electron chi connectivity index (χ3n) is 7.74. The van der Waals surface area contributed by atoms with Crippen LogP contribution in [0.15, 0.2) is 24.8 Å². The molecule has 0 N–H and O–H groups in total. The van der Waals surface area contributed by atoms with E-state index in [2.05, 4.69) is 12.7 Å². The Morgan fingerprint density at radius 1 is 0.903 bits per heavy atom. The zero-order valence-electron chi connectivity index (χ0n) is 18.7. The summed E-state index contributed by atoms with van der Waals surface area (Å²) in [4.78, 5) is 0. The number of allylic oxidation sites excluding steroid dienone is 1. The van der Waals surface area contributed by atoms with E-state index in [4.69, 9.17) is 14.2 Å². The maximum atomic E-state index is 14.6. The fourth-order valence-corrected chi connectivity index (χ4v) is 5.76. The van der Waals surface area contributed by atoms with E-state index in [0.717, 1.165) is 51.7 Å². The topological polar surface area (TPSA) is 27.7 Å². The molecule has 1 saturated heterocycles. The van der Waals surface area contributed by atoms with Gasteiger partial charge in [-0.3, -0.25) is 0 Å². The normalized spacial score (nSPS) is 34.3. The van der Waals surface area contributed by atoms with Crippen LogP contribution in [0.4, 0.5) is 8.78 Å². The molecule has 172 valence electrons. The summed E-state index contributed by atoms with van der Waals surface area (Å²) in [6.07, 6.45) is 10.5. The van der Waals surface area contributed by atoms with Crippen LogP contribution in [0.3, 0.4) is 0 Å². The molecule has 4 rings (SSSR count). The van der Waals surface area contributed by atoms with Gasteiger partial charge in [0.2, 0.25) is 5.82 Å². The highest BCUT2D eigenvalue weighted by molar-refractivity contribution is 5.33. The molecule has 0 unspecified atom stereocenters. The van der Waals surface area contributed by atoms with Crippen molar-refractivity contribution in [3.8, 4) is 5.75 Å². The Bertz CT molecular complexity index is 728. The number of rotatable bonds is 6. The molecule has 1 aromatic carbocycles. The summed E-state index contributed by atoms with van der Waals surface area (Å²) in [5.74, 6) is 0.562. The van der Waals surface area contributed by atoms with E-state index in [1.807, 2.05) is 0 Å². The number of benzene rings is 1. The van der Waals surface area contributed by atoms with Gasteiger partial charge in [0, 0.05) is 11.8 Å². The van der Waals surface area contributed by atoms with Gasteiger partial charge in [0.15, 0.2) is 17.9 Å². The van der Waals surface area contributed by atoms with Crippen molar-refractivity contribution in [3.63, 3.8) is 0 Å². The van der Waals surface area contributed by atoms with E-state index in [9.17, 15) is 8.78 Å². The smallest absolute Gasteiger partial charge is 0.200 e. The van der Waals surface area contributed by atoms with Gasteiger partial charge in [0.1, 0.15) is 0 Å². The van der Waals surface area contributed by atoms with Crippen LogP contribution in [0.2, 0.25) is 0 Å². The lowest BCUT2D eigenvalue weighted by Crippen LogP contribution is -2.41. The summed E-state index contributed by atoms with van der Waals surface area (Å²) in [6.45, 7) is 7.52. The number of halogens is 2. The van der Waals surface area contributed by atoms with E-state index in [-0.39, 0.29) is 18.0 Å². The highest BCUT2D eigenvalue weighted by atomic mass is 19.2. The van der Waals surface area contributed by atoms with Crippen LogP contribution in [0, 0.1) is 35.3 Å². The number of ether oxygens (including phenoxy) is 3. The van der Waals surface area contributed by atoms with E-state index in [1.54, 1.807) is 19.1 Å². The van der Waals surface area contributed by atoms with Crippen LogP contribution >= 0.6 is 0 Å². The molecular formula is C26H36F2O3. The van der Waals surface area contributed by atoms with E-state index >= 15 is 0 Å². The Morgan fingerprint density at radius 3 is 2.16 bits per heavy atom. The number of hydrogen-bond acceptors (Lipinski definition) is 3. The Kier molecular flexibility index (Phi) is 7.65. The molecular weight excluding hydrogens is 398 g/mol. The third-order valence-corrected chi connectivity index (χ3v) is 7.74. The first-order chi connectivity index (χ1) is 15.1. The van der Waals surface area contributed by atoms with Gasteiger partial charge in [-0.25, -0.2) is 4.39 Å². The lowest BCUT2D eigenvalue weighted by Gasteiger charge is -2.41. The first-order valence-corrected chi connectivity index (χ1v) is 12.1. The van der Waals surface area contributed by atoms with Crippen molar-refractivity contribution in [3.05, 3.63) is 42.0 Å². The molecule has 0 bridgehead atoms. The average molecular weight is 435 g/mol. The van der Waals surface area contributed by atoms with Crippen LogP contribution in [0.1, 0.15) is 69.8 Å². The molecule has 0 spiro atoms. The summed E-state index contributed by atoms with van der Waals surface area (Å²) in [6, 6.07) is 3.27. The Labute approximate surface area is 185 Å². The van der Waals surface area contributed by atoms with Gasteiger partial charge in [0.05, 0.1) is 19.8 Å². The Balaban J connectivity index is 1.26. The first-order valence-electron chi connectivity index (χ1n) is 12.1. The average Bonchev–Trinajstić information content (AvgIpc) is 2.83. The SMILES string of the molecule is C=CC1CCC(C2OCC(C3CCC(c4ccc(OCC)c(F)c4F)CC3)CO2)CC1. The Hall–Kier alpha value is -1.46. The maximum Gasteiger partial charge on any atom is 0.200 e. The van der Waals surface area contributed by atoms with Gasteiger partial charge in [-0.1, -0.05) is 12.1 Å². The molecule has 31 heavy (non-hydrogen) atoms. The fraction of sp³-hybridized carbons (Fsp3) is 0.692. The highest BCUT2D eigenvalue weighted by Crippen LogP contribution is 2.42. The standard InChI is InChI=1S/C26H36F2O3/c1-3-17-5-7-20(8-6-17)26-30-15-21(16-31-26)18-9-11-19(12-10-18)22-13-14-23(29-4-2)25(28)24(22)27/h3,13-14,17-21,26H,1,4-12,15-16H2,2H3. The fourth-order valence-electron chi connectivity index (χ4n) is 5.76. The van der Waals surface area contributed by atoms with E-state index < -0.39 is 11.6 Å². The van der Waals surface area contributed by atoms with Crippen LogP contribution in [0.5, 0.6) is 5.75 Å². The van der Waals surface area contributed by atoms with Crippen LogP contribution in [-0.2, 0) is 9.47 Å². The van der Waals surface area contributed by atoms with E-state index in [1.165, 1.54) is 12.8 Å². The quantitative estimate of drug-likeness (QED) is 0.471. The maximum absolute atomic E-state index is 14.6. The van der Waals surface area contributed by atoms with Crippen molar-refractivity contribution in [2.24, 2.45) is 23.7 Å². The van der Waals surface area contributed by atoms with Crippen LogP contribution in [-0.4, -0.2) is 26.1 Å².